The predicted molar refractivity (Wildman–Crippen MR) is 167 cm³/mol. The van der Waals surface area contributed by atoms with Crippen molar-refractivity contribution in [3.05, 3.63) is 45.0 Å². The van der Waals surface area contributed by atoms with Crippen LogP contribution >= 0.6 is 0 Å². The highest BCUT2D eigenvalue weighted by atomic mass is 16.6. The highest BCUT2D eigenvalue weighted by molar-refractivity contribution is 5.76. The fourth-order valence-electron chi connectivity index (χ4n) is 4.75. The summed E-state index contributed by atoms with van der Waals surface area (Å²) in [7, 11) is 0. The van der Waals surface area contributed by atoms with Crippen molar-refractivity contribution in [1.29, 1.82) is 0 Å². The van der Waals surface area contributed by atoms with Crippen LogP contribution in [0.2, 0.25) is 0 Å². The maximum atomic E-state index is 12.0. The molecule has 4 rings (SSSR count). The van der Waals surface area contributed by atoms with Crippen molar-refractivity contribution >= 4 is 23.6 Å². The van der Waals surface area contributed by atoms with E-state index in [0.29, 0.717) is 5.56 Å². The summed E-state index contributed by atoms with van der Waals surface area (Å²) in [5.74, 6) is -1.01. The maximum absolute atomic E-state index is 12.0. The predicted octanol–water partition coefficient (Wildman–Crippen LogP) is -1.69. The van der Waals surface area contributed by atoms with Gasteiger partial charge in [-0.25, -0.2) is 9.59 Å². The van der Waals surface area contributed by atoms with Crippen LogP contribution in [0.25, 0.3) is 0 Å². The summed E-state index contributed by atoms with van der Waals surface area (Å²) in [4.78, 5) is 55.2. The lowest BCUT2D eigenvalue weighted by Gasteiger charge is -2.20. The number of carbonyl (C=O) groups is 2. The minimum absolute atomic E-state index is 0.0721. The Kier molecular flexibility index (Phi) is 13.0. The normalized spacial score (nSPS) is 25.3. The molecule has 262 valence electrons. The van der Waals surface area contributed by atoms with E-state index in [1.165, 1.54) is 27.6 Å². The highest BCUT2D eigenvalue weighted by Crippen LogP contribution is 2.31. The molecule has 47 heavy (non-hydrogen) atoms. The smallest absolute Gasteiger partial charge is 0.351 e. The van der Waals surface area contributed by atoms with Gasteiger partial charge < -0.3 is 52.1 Å². The second-order valence-electron chi connectivity index (χ2n) is 12.1. The zero-order valence-corrected chi connectivity index (χ0v) is 27.1. The van der Waals surface area contributed by atoms with Crippen LogP contribution in [0, 0.1) is 18.8 Å². The van der Waals surface area contributed by atoms with Gasteiger partial charge in [-0.2, -0.15) is 9.97 Å². The van der Waals surface area contributed by atoms with E-state index < -0.39 is 72.3 Å². The third kappa shape index (κ3) is 9.33. The summed E-state index contributed by atoms with van der Waals surface area (Å²) in [6.45, 7) is 8.27. The molecule has 0 bridgehead atoms. The van der Waals surface area contributed by atoms with Gasteiger partial charge in [-0.1, -0.05) is 27.7 Å². The third-order valence-corrected chi connectivity index (χ3v) is 7.88. The Hall–Kier alpha value is -3.94. The van der Waals surface area contributed by atoms with E-state index in [2.05, 4.69) is 9.97 Å². The van der Waals surface area contributed by atoms with Gasteiger partial charge in [0.25, 0.3) is 0 Å². The molecule has 0 spiro atoms. The minimum Gasteiger partial charge on any atom is -0.458 e. The van der Waals surface area contributed by atoms with Gasteiger partial charge in [-0.3, -0.25) is 18.7 Å². The molecule has 0 radical (unpaired) electrons. The largest absolute Gasteiger partial charge is 0.458 e. The molecule has 2 fully saturated rings. The molecule has 0 saturated carbocycles. The molecule has 4 unspecified atom stereocenters. The van der Waals surface area contributed by atoms with E-state index in [-0.39, 0.29) is 49.5 Å². The number of aryl methyl sites for hydroxylation is 1. The zero-order chi connectivity index (χ0) is 35.2. The molecule has 2 aliphatic heterocycles. The van der Waals surface area contributed by atoms with Crippen LogP contribution in [-0.4, -0.2) is 91.0 Å². The SMILES string of the molecule is CC(C)C(N)C(=O)OC1C[C@H](n2ccc(N)nc2=O)O[C@@H]1CO.Cc1cn([C@H]2CC(OC(=O)C(N)C(C)C)[C@@H](CO)O2)c(=O)nc1N. The van der Waals surface area contributed by atoms with Gasteiger partial charge in [0.2, 0.25) is 0 Å². The first-order valence-electron chi connectivity index (χ1n) is 15.2. The van der Waals surface area contributed by atoms with E-state index in [4.69, 9.17) is 41.9 Å². The van der Waals surface area contributed by atoms with Crippen LogP contribution in [0.15, 0.2) is 28.0 Å². The van der Waals surface area contributed by atoms with Crippen LogP contribution in [0.4, 0.5) is 11.6 Å². The number of rotatable bonds is 10. The topological polar surface area (TPSA) is 285 Å². The monoisotopic (exact) mass is 666 g/mol. The van der Waals surface area contributed by atoms with E-state index in [9.17, 15) is 29.4 Å². The van der Waals surface area contributed by atoms with E-state index >= 15 is 0 Å². The van der Waals surface area contributed by atoms with E-state index in [1.54, 1.807) is 6.92 Å². The lowest BCUT2D eigenvalue weighted by atomic mass is 10.1. The maximum Gasteiger partial charge on any atom is 0.351 e. The molecular weight excluding hydrogens is 620 g/mol. The van der Waals surface area contributed by atoms with Crippen LogP contribution in [0.3, 0.4) is 0 Å². The quantitative estimate of drug-likeness (QED) is 0.154. The van der Waals surface area contributed by atoms with Crippen molar-refractivity contribution in [2.24, 2.45) is 23.3 Å². The number of nitrogens with zero attached hydrogens (tertiary/aromatic N) is 4. The molecule has 2 aliphatic rings. The number of hydrogen-bond acceptors (Lipinski definition) is 16. The van der Waals surface area contributed by atoms with Crippen molar-refractivity contribution in [1.82, 2.24) is 19.1 Å². The Morgan fingerprint density at radius 2 is 1.32 bits per heavy atom. The molecule has 0 aromatic carbocycles. The summed E-state index contributed by atoms with van der Waals surface area (Å²) >= 11 is 0. The Bertz CT molecular complexity index is 1500. The van der Waals surface area contributed by atoms with Crippen LogP contribution in [-0.2, 0) is 28.5 Å². The van der Waals surface area contributed by atoms with E-state index in [0.717, 1.165) is 0 Å². The number of nitrogens with two attached hydrogens (primary N) is 4. The van der Waals surface area contributed by atoms with Gasteiger partial charge in [-0.05, 0) is 24.8 Å². The average molecular weight is 667 g/mol. The minimum atomic E-state index is -0.758. The van der Waals surface area contributed by atoms with Gasteiger partial charge in [0.15, 0.2) is 0 Å². The number of aromatic nitrogens is 4. The highest BCUT2D eigenvalue weighted by Gasteiger charge is 2.41. The number of anilines is 2. The number of ether oxygens (including phenoxy) is 4. The van der Waals surface area contributed by atoms with Crippen molar-refractivity contribution in [3.63, 3.8) is 0 Å². The van der Waals surface area contributed by atoms with E-state index in [1.807, 2.05) is 27.7 Å². The fourth-order valence-corrected chi connectivity index (χ4v) is 4.75. The third-order valence-electron chi connectivity index (χ3n) is 7.88. The average Bonchev–Trinajstić information content (AvgIpc) is 3.61. The summed E-state index contributed by atoms with van der Waals surface area (Å²) < 4.78 is 24.5. The second kappa shape index (κ2) is 16.2. The van der Waals surface area contributed by atoms with Crippen molar-refractivity contribution in [3.8, 4) is 0 Å². The van der Waals surface area contributed by atoms with Gasteiger partial charge in [0.1, 0.15) is 60.6 Å². The molecule has 2 saturated heterocycles. The molecule has 4 heterocycles. The molecule has 8 atom stereocenters. The Labute approximate surface area is 270 Å². The van der Waals surface area contributed by atoms with Crippen LogP contribution in [0.5, 0.6) is 0 Å². The van der Waals surface area contributed by atoms with Crippen LogP contribution in [0.1, 0.15) is 58.6 Å². The summed E-state index contributed by atoms with van der Waals surface area (Å²) in [6, 6.07) is -0.0481. The number of aliphatic hydroxyl groups excluding tert-OH is 2. The fraction of sp³-hybridized carbons (Fsp3) is 0.655. The Balaban J connectivity index is 0.000000256. The number of carbonyl (C=O) groups excluding carboxylic acids is 2. The summed E-state index contributed by atoms with van der Waals surface area (Å²) in [5, 5.41) is 18.9. The van der Waals surface area contributed by atoms with Crippen molar-refractivity contribution in [2.75, 3.05) is 24.7 Å². The van der Waals surface area contributed by atoms with Crippen LogP contribution < -0.4 is 34.3 Å². The first kappa shape index (κ1) is 37.5. The molecule has 2 aromatic heterocycles. The number of hydrogen-bond donors (Lipinski definition) is 6. The molecule has 18 nitrogen and oxygen atoms in total. The number of nitrogen functional groups attached to an aromatic ring is 2. The Morgan fingerprint density at radius 1 is 0.872 bits per heavy atom. The first-order chi connectivity index (χ1) is 22.1. The number of esters is 2. The molecular formula is C29H46N8O10. The zero-order valence-electron chi connectivity index (χ0n) is 27.1. The van der Waals surface area contributed by atoms with Gasteiger partial charge in [0.05, 0.1) is 13.2 Å². The summed E-state index contributed by atoms with van der Waals surface area (Å²) in [5.41, 5.74) is 22.1. The lowest BCUT2D eigenvalue weighted by Crippen LogP contribution is -2.41. The van der Waals surface area contributed by atoms with Crippen molar-refractivity contribution in [2.45, 2.75) is 96.4 Å². The molecule has 18 heteroatoms. The summed E-state index contributed by atoms with van der Waals surface area (Å²) in [6.07, 6.45) is -0.818. The van der Waals surface area contributed by atoms with Gasteiger partial charge in [-0.15, -0.1) is 0 Å². The standard InChI is InChI=1S/C15H24N4O5.C14H22N4O5/c1-7(2)12(16)14(21)24-9-4-11(23-10(9)6-20)19-5-8(3)13(17)18-15(19)22;1-7(2)12(16)13(20)23-8-5-11(22-9(8)6-19)18-4-3-10(15)17-14(18)21/h5,7,9-12,20H,4,6,16H2,1-3H3,(H2,17,18,22);3-4,7-9,11-12,19H,5-6,16H2,1-2H3,(H2,15,17,21)/t9?,10-,11-,12?;8?,9-,11-,12?/m11/s1. The molecule has 2 aromatic rings. The van der Waals surface area contributed by atoms with Gasteiger partial charge >= 0.3 is 23.3 Å². The Morgan fingerprint density at radius 3 is 1.74 bits per heavy atom. The number of aliphatic hydroxyl groups is 2. The first-order valence-corrected chi connectivity index (χ1v) is 15.2. The van der Waals surface area contributed by atoms with Gasteiger partial charge in [0, 0.05) is 30.8 Å². The molecule has 10 N–H and O–H groups in total. The molecule has 0 amide bonds. The lowest BCUT2D eigenvalue weighted by molar-refractivity contribution is -0.156. The molecule has 0 aliphatic carbocycles. The second-order valence-corrected chi connectivity index (χ2v) is 12.1. The van der Waals surface area contributed by atoms with Crippen molar-refractivity contribution < 1.29 is 38.7 Å².